The van der Waals surface area contributed by atoms with Gasteiger partial charge in [0.25, 0.3) is 0 Å². The SMILES string of the molecule is COCCCC1(CNCC(C)C)CCCOC1. The molecule has 1 aliphatic rings. The van der Waals surface area contributed by atoms with Crippen LogP contribution in [0.25, 0.3) is 0 Å². The maximum Gasteiger partial charge on any atom is 0.0534 e. The van der Waals surface area contributed by atoms with E-state index >= 15 is 0 Å². The van der Waals surface area contributed by atoms with E-state index in [1.807, 2.05) is 0 Å². The molecule has 0 amide bonds. The van der Waals surface area contributed by atoms with Crippen LogP contribution in [0.15, 0.2) is 0 Å². The topological polar surface area (TPSA) is 30.5 Å². The summed E-state index contributed by atoms with van der Waals surface area (Å²) in [5, 5.41) is 3.60. The van der Waals surface area contributed by atoms with Gasteiger partial charge in [-0.1, -0.05) is 13.8 Å². The van der Waals surface area contributed by atoms with E-state index in [2.05, 4.69) is 19.2 Å². The molecule has 0 aliphatic carbocycles. The average molecular weight is 243 g/mol. The molecule has 1 rings (SSSR count). The van der Waals surface area contributed by atoms with Gasteiger partial charge >= 0.3 is 0 Å². The van der Waals surface area contributed by atoms with E-state index in [4.69, 9.17) is 9.47 Å². The van der Waals surface area contributed by atoms with Gasteiger partial charge in [-0.05, 0) is 38.1 Å². The molecule has 0 aromatic carbocycles. The van der Waals surface area contributed by atoms with Gasteiger partial charge in [0.15, 0.2) is 0 Å². The van der Waals surface area contributed by atoms with Gasteiger partial charge in [0.2, 0.25) is 0 Å². The number of nitrogens with one attached hydrogen (secondary N) is 1. The molecule has 1 saturated heterocycles. The Morgan fingerprint density at radius 2 is 2.24 bits per heavy atom. The normalized spacial score (nSPS) is 25.4. The zero-order valence-electron chi connectivity index (χ0n) is 11.8. The Bertz CT molecular complexity index is 189. The molecule has 0 saturated carbocycles. The Kier molecular flexibility index (Phi) is 7.09. The van der Waals surface area contributed by atoms with Crippen LogP contribution in [0.2, 0.25) is 0 Å². The zero-order valence-corrected chi connectivity index (χ0v) is 11.8. The van der Waals surface area contributed by atoms with E-state index in [1.165, 1.54) is 19.3 Å². The number of ether oxygens (including phenoxy) is 2. The molecule has 1 heterocycles. The Balaban J connectivity index is 2.34. The second-order valence-corrected chi connectivity index (χ2v) is 5.78. The summed E-state index contributed by atoms with van der Waals surface area (Å²) in [7, 11) is 1.78. The average Bonchev–Trinajstić information content (AvgIpc) is 2.30. The fraction of sp³-hybridized carbons (Fsp3) is 1.00. The van der Waals surface area contributed by atoms with E-state index in [0.717, 1.165) is 45.2 Å². The fourth-order valence-corrected chi connectivity index (χ4v) is 2.55. The standard InChI is InChI=1S/C14H29NO2/c1-13(2)10-15-11-14(6-4-8-16-3)7-5-9-17-12-14/h13,15H,4-12H2,1-3H3. The lowest BCUT2D eigenvalue weighted by atomic mass is 9.78. The molecule has 3 heteroatoms. The smallest absolute Gasteiger partial charge is 0.0534 e. The molecule has 0 spiro atoms. The Morgan fingerprint density at radius 1 is 1.41 bits per heavy atom. The highest BCUT2D eigenvalue weighted by molar-refractivity contribution is 4.84. The van der Waals surface area contributed by atoms with Crippen molar-refractivity contribution >= 4 is 0 Å². The van der Waals surface area contributed by atoms with E-state index in [-0.39, 0.29) is 0 Å². The Labute approximate surface area is 106 Å². The maximum atomic E-state index is 5.69. The molecule has 1 N–H and O–H groups in total. The Morgan fingerprint density at radius 3 is 2.82 bits per heavy atom. The van der Waals surface area contributed by atoms with Gasteiger partial charge in [-0.15, -0.1) is 0 Å². The van der Waals surface area contributed by atoms with Gasteiger partial charge in [-0.25, -0.2) is 0 Å². The van der Waals surface area contributed by atoms with E-state index < -0.39 is 0 Å². The highest BCUT2D eigenvalue weighted by atomic mass is 16.5. The third-order valence-corrected chi connectivity index (χ3v) is 3.51. The maximum absolute atomic E-state index is 5.69. The van der Waals surface area contributed by atoms with Crippen molar-refractivity contribution in [1.29, 1.82) is 0 Å². The van der Waals surface area contributed by atoms with Crippen LogP contribution >= 0.6 is 0 Å². The second kappa shape index (κ2) is 8.06. The van der Waals surface area contributed by atoms with Gasteiger partial charge in [0, 0.05) is 32.3 Å². The zero-order chi connectivity index (χ0) is 12.6. The van der Waals surface area contributed by atoms with Crippen LogP contribution in [0, 0.1) is 11.3 Å². The largest absolute Gasteiger partial charge is 0.385 e. The monoisotopic (exact) mass is 243 g/mol. The van der Waals surface area contributed by atoms with Gasteiger partial charge in [0.05, 0.1) is 6.61 Å². The minimum absolute atomic E-state index is 0.353. The second-order valence-electron chi connectivity index (χ2n) is 5.78. The lowest BCUT2D eigenvalue weighted by Crippen LogP contribution is -2.42. The van der Waals surface area contributed by atoms with Crippen molar-refractivity contribution in [1.82, 2.24) is 5.32 Å². The van der Waals surface area contributed by atoms with Crippen molar-refractivity contribution in [3.8, 4) is 0 Å². The van der Waals surface area contributed by atoms with Crippen molar-refractivity contribution in [2.45, 2.75) is 39.5 Å². The summed E-state index contributed by atoms with van der Waals surface area (Å²) in [4.78, 5) is 0. The third kappa shape index (κ3) is 5.84. The summed E-state index contributed by atoms with van der Waals surface area (Å²) in [6.07, 6.45) is 4.85. The van der Waals surface area contributed by atoms with Crippen molar-refractivity contribution in [3.63, 3.8) is 0 Å². The first-order valence-corrected chi connectivity index (χ1v) is 6.96. The summed E-state index contributed by atoms with van der Waals surface area (Å²) in [5.74, 6) is 0.718. The highest BCUT2D eigenvalue weighted by Gasteiger charge is 2.31. The lowest BCUT2D eigenvalue weighted by Gasteiger charge is -2.37. The summed E-state index contributed by atoms with van der Waals surface area (Å²) in [6, 6.07) is 0. The molecule has 0 radical (unpaired) electrons. The predicted octanol–water partition coefficient (Wildman–Crippen LogP) is 2.46. The highest BCUT2D eigenvalue weighted by Crippen LogP contribution is 2.32. The molecular weight excluding hydrogens is 214 g/mol. The van der Waals surface area contributed by atoms with Gasteiger partial charge in [0.1, 0.15) is 0 Å². The van der Waals surface area contributed by atoms with Crippen LogP contribution in [0.5, 0.6) is 0 Å². The molecule has 0 aromatic rings. The van der Waals surface area contributed by atoms with E-state index in [0.29, 0.717) is 5.41 Å². The van der Waals surface area contributed by atoms with Crippen molar-refractivity contribution in [2.24, 2.45) is 11.3 Å². The molecule has 1 unspecified atom stereocenters. The minimum atomic E-state index is 0.353. The molecule has 1 aliphatic heterocycles. The first-order chi connectivity index (χ1) is 8.18. The minimum Gasteiger partial charge on any atom is -0.385 e. The van der Waals surface area contributed by atoms with Crippen LogP contribution < -0.4 is 5.32 Å². The molecular formula is C14H29NO2. The molecule has 0 aromatic heterocycles. The molecule has 17 heavy (non-hydrogen) atoms. The summed E-state index contributed by atoms with van der Waals surface area (Å²) >= 11 is 0. The predicted molar refractivity (Wildman–Crippen MR) is 71.3 cm³/mol. The molecule has 1 fully saturated rings. The lowest BCUT2D eigenvalue weighted by molar-refractivity contribution is -0.0161. The van der Waals surface area contributed by atoms with Gasteiger partial charge in [-0.3, -0.25) is 0 Å². The van der Waals surface area contributed by atoms with Crippen molar-refractivity contribution in [2.75, 3.05) is 40.0 Å². The van der Waals surface area contributed by atoms with Crippen LogP contribution in [-0.2, 0) is 9.47 Å². The quantitative estimate of drug-likeness (QED) is 0.664. The third-order valence-electron chi connectivity index (χ3n) is 3.51. The number of hydrogen-bond donors (Lipinski definition) is 1. The first kappa shape index (κ1) is 14.9. The molecule has 3 nitrogen and oxygen atoms in total. The first-order valence-electron chi connectivity index (χ1n) is 6.96. The number of rotatable bonds is 8. The van der Waals surface area contributed by atoms with Crippen LogP contribution in [-0.4, -0.2) is 40.0 Å². The van der Waals surface area contributed by atoms with Gasteiger partial charge in [-0.2, -0.15) is 0 Å². The molecule has 0 bridgehead atoms. The summed E-state index contributed by atoms with van der Waals surface area (Å²) < 4.78 is 10.9. The molecule has 102 valence electrons. The van der Waals surface area contributed by atoms with E-state index in [1.54, 1.807) is 7.11 Å². The summed E-state index contributed by atoms with van der Waals surface area (Å²) in [6.45, 7) is 9.43. The van der Waals surface area contributed by atoms with Crippen LogP contribution in [0.3, 0.4) is 0 Å². The van der Waals surface area contributed by atoms with Crippen molar-refractivity contribution < 1.29 is 9.47 Å². The molecule has 1 atom stereocenters. The fourth-order valence-electron chi connectivity index (χ4n) is 2.55. The van der Waals surface area contributed by atoms with Gasteiger partial charge < -0.3 is 14.8 Å². The van der Waals surface area contributed by atoms with E-state index in [9.17, 15) is 0 Å². The Hall–Kier alpha value is -0.120. The number of hydrogen-bond acceptors (Lipinski definition) is 3. The van der Waals surface area contributed by atoms with Crippen LogP contribution in [0.1, 0.15) is 39.5 Å². The number of methoxy groups -OCH3 is 1. The summed E-state index contributed by atoms with van der Waals surface area (Å²) in [5.41, 5.74) is 0.353. The van der Waals surface area contributed by atoms with Crippen molar-refractivity contribution in [3.05, 3.63) is 0 Å². The van der Waals surface area contributed by atoms with Crippen LogP contribution in [0.4, 0.5) is 0 Å².